The van der Waals surface area contributed by atoms with Crippen molar-refractivity contribution in [3.05, 3.63) is 42.2 Å². The van der Waals surface area contributed by atoms with E-state index in [9.17, 15) is 4.39 Å². The highest BCUT2D eigenvalue weighted by Gasteiger charge is 2.03. The highest BCUT2D eigenvalue weighted by molar-refractivity contribution is 5.23. The zero-order valence-corrected chi connectivity index (χ0v) is 11.6. The highest BCUT2D eigenvalue weighted by Crippen LogP contribution is 2.17. The molecule has 0 radical (unpaired) electrons. The average molecular weight is 250 g/mol. The zero-order valence-electron chi connectivity index (χ0n) is 11.6. The molecule has 0 aromatic heterocycles. The van der Waals surface area contributed by atoms with Gasteiger partial charge in [0.15, 0.2) is 11.6 Å². The Balaban J connectivity index is 2.13. The van der Waals surface area contributed by atoms with Crippen molar-refractivity contribution in [3.8, 4) is 5.75 Å². The van der Waals surface area contributed by atoms with Gasteiger partial charge in [-0.2, -0.15) is 0 Å². The van der Waals surface area contributed by atoms with Crippen LogP contribution in [0.3, 0.4) is 0 Å². The molecule has 1 aromatic carbocycles. The predicted octanol–water partition coefficient (Wildman–Crippen LogP) is 4.98. The van der Waals surface area contributed by atoms with Crippen molar-refractivity contribution >= 4 is 0 Å². The van der Waals surface area contributed by atoms with Gasteiger partial charge in [-0.05, 0) is 36.8 Å². The van der Waals surface area contributed by atoms with Crippen molar-refractivity contribution in [3.63, 3.8) is 0 Å². The van der Waals surface area contributed by atoms with Gasteiger partial charge in [-0.15, -0.1) is 0 Å². The maximum atomic E-state index is 13.2. The largest absolute Gasteiger partial charge is 0.491 e. The van der Waals surface area contributed by atoms with E-state index >= 15 is 0 Å². The Labute approximate surface area is 110 Å². The van der Waals surface area contributed by atoms with Crippen LogP contribution < -0.4 is 4.74 Å². The van der Waals surface area contributed by atoms with Crippen molar-refractivity contribution in [1.82, 2.24) is 0 Å². The van der Waals surface area contributed by atoms with Crippen molar-refractivity contribution in [1.29, 1.82) is 0 Å². The molecule has 0 N–H and O–H groups in total. The van der Waals surface area contributed by atoms with E-state index in [-0.39, 0.29) is 11.2 Å². The summed E-state index contributed by atoms with van der Waals surface area (Å²) in [5.74, 6) is 0.0628. The molecule has 1 rings (SSSR count). The van der Waals surface area contributed by atoms with Crippen LogP contribution in [0.2, 0.25) is 0 Å². The Hall–Kier alpha value is -1.31. The number of hydrogen-bond acceptors (Lipinski definition) is 1. The van der Waals surface area contributed by atoms with Crippen molar-refractivity contribution in [2.45, 2.75) is 40.0 Å². The van der Waals surface area contributed by atoms with Crippen molar-refractivity contribution < 1.29 is 9.13 Å². The van der Waals surface area contributed by atoms with Gasteiger partial charge in [0.25, 0.3) is 0 Å². The van der Waals surface area contributed by atoms with Crippen molar-refractivity contribution in [2.75, 3.05) is 6.61 Å². The predicted molar refractivity (Wildman–Crippen MR) is 74.3 cm³/mol. The van der Waals surface area contributed by atoms with Crippen LogP contribution in [-0.2, 0) is 0 Å². The Morgan fingerprint density at radius 1 is 1.17 bits per heavy atom. The van der Waals surface area contributed by atoms with Gasteiger partial charge in [-0.1, -0.05) is 45.1 Å². The van der Waals surface area contributed by atoms with E-state index < -0.39 is 0 Å². The molecule has 0 heterocycles. The van der Waals surface area contributed by atoms with Crippen LogP contribution >= 0.6 is 0 Å². The number of halogens is 1. The van der Waals surface area contributed by atoms with Crippen LogP contribution in [0.4, 0.5) is 4.39 Å². The van der Waals surface area contributed by atoms with Crippen LogP contribution in [0, 0.1) is 11.2 Å². The molecule has 0 aliphatic carbocycles. The van der Waals surface area contributed by atoms with Gasteiger partial charge < -0.3 is 4.74 Å². The maximum Gasteiger partial charge on any atom is 0.165 e. The van der Waals surface area contributed by atoms with E-state index in [2.05, 4.69) is 32.9 Å². The van der Waals surface area contributed by atoms with E-state index in [4.69, 9.17) is 4.74 Å². The second-order valence-corrected chi connectivity index (χ2v) is 5.54. The average Bonchev–Trinajstić information content (AvgIpc) is 2.28. The third-order valence-electron chi connectivity index (χ3n) is 2.48. The van der Waals surface area contributed by atoms with Gasteiger partial charge in [-0.25, -0.2) is 4.39 Å². The summed E-state index contributed by atoms with van der Waals surface area (Å²) < 4.78 is 18.6. The third kappa shape index (κ3) is 6.43. The summed E-state index contributed by atoms with van der Waals surface area (Å²) in [4.78, 5) is 0. The molecular weight excluding hydrogens is 227 g/mol. The van der Waals surface area contributed by atoms with E-state index in [1.165, 1.54) is 6.07 Å². The minimum atomic E-state index is -0.287. The molecule has 0 amide bonds. The molecule has 0 bridgehead atoms. The Kier molecular flexibility index (Phi) is 5.90. The topological polar surface area (TPSA) is 9.23 Å². The molecule has 0 aliphatic rings. The first kappa shape index (κ1) is 14.7. The molecule has 0 atom stereocenters. The normalized spacial score (nSPS) is 12.0. The fraction of sp³-hybridized carbons (Fsp3) is 0.500. The lowest BCUT2D eigenvalue weighted by atomic mass is 9.96. The third-order valence-corrected chi connectivity index (χ3v) is 2.48. The summed E-state index contributed by atoms with van der Waals surface area (Å²) in [6.07, 6.45) is 7.51. The number of unbranched alkanes of at least 4 members (excludes halogenated alkanes) is 2. The summed E-state index contributed by atoms with van der Waals surface area (Å²) in [6, 6.07) is 6.53. The minimum Gasteiger partial charge on any atom is -0.491 e. The number of para-hydroxylation sites is 1. The van der Waals surface area contributed by atoms with E-state index in [1.807, 2.05) is 0 Å². The molecule has 1 nitrogen and oxygen atoms in total. The Morgan fingerprint density at radius 2 is 1.89 bits per heavy atom. The highest BCUT2D eigenvalue weighted by atomic mass is 19.1. The van der Waals surface area contributed by atoms with Crippen LogP contribution in [0.1, 0.15) is 40.0 Å². The summed E-state index contributed by atoms with van der Waals surface area (Å²) >= 11 is 0. The molecule has 0 fully saturated rings. The van der Waals surface area contributed by atoms with Gasteiger partial charge in [0.2, 0.25) is 0 Å². The molecule has 0 unspecified atom stereocenters. The van der Waals surface area contributed by atoms with Crippen molar-refractivity contribution in [2.24, 2.45) is 5.41 Å². The Bertz CT molecular complexity index is 377. The van der Waals surface area contributed by atoms with Gasteiger partial charge in [0.1, 0.15) is 0 Å². The van der Waals surface area contributed by atoms with Crippen LogP contribution in [0.5, 0.6) is 5.75 Å². The van der Waals surface area contributed by atoms with E-state index in [0.717, 1.165) is 19.3 Å². The fourth-order valence-corrected chi connectivity index (χ4v) is 1.55. The second-order valence-electron chi connectivity index (χ2n) is 5.54. The quantitative estimate of drug-likeness (QED) is 0.511. The monoisotopic (exact) mass is 250 g/mol. The Morgan fingerprint density at radius 3 is 2.56 bits per heavy atom. The lowest BCUT2D eigenvalue weighted by Crippen LogP contribution is -1.99. The van der Waals surface area contributed by atoms with E-state index in [0.29, 0.717) is 12.4 Å². The fourth-order valence-electron chi connectivity index (χ4n) is 1.55. The second kappa shape index (κ2) is 7.20. The maximum absolute atomic E-state index is 13.2. The van der Waals surface area contributed by atoms with Gasteiger partial charge in [0, 0.05) is 0 Å². The first-order valence-electron chi connectivity index (χ1n) is 6.54. The molecule has 1 aromatic rings. The minimum absolute atomic E-state index is 0.254. The molecule has 0 aliphatic heterocycles. The van der Waals surface area contributed by atoms with Gasteiger partial charge in [-0.3, -0.25) is 0 Å². The molecule has 0 spiro atoms. The molecule has 18 heavy (non-hydrogen) atoms. The molecule has 100 valence electrons. The SMILES string of the molecule is CC(C)(C)/C=C\CCCCOc1ccccc1F. The number of ether oxygens (including phenoxy) is 1. The molecule has 2 heteroatoms. The summed E-state index contributed by atoms with van der Waals surface area (Å²) in [6.45, 7) is 7.13. The lowest BCUT2D eigenvalue weighted by molar-refractivity contribution is 0.292. The number of allylic oxidation sites excluding steroid dienone is 2. The van der Waals surface area contributed by atoms with Gasteiger partial charge >= 0.3 is 0 Å². The van der Waals surface area contributed by atoms with Crippen LogP contribution in [-0.4, -0.2) is 6.61 Å². The van der Waals surface area contributed by atoms with E-state index in [1.54, 1.807) is 18.2 Å². The number of hydrogen-bond donors (Lipinski definition) is 0. The van der Waals surface area contributed by atoms with Crippen LogP contribution in [0.25, 0.3) is 0 Å². The lowest BCUT2D eigenvalue weighted by Gasteiger charge is -2.11. The number of benzene rings is 1. The van der Waals surface area contributed by atoms with Crippen LogP contribution in [0.15, 0.2) is 36.4 Å². The zero-order chi connectivity index (χ0) is 13.4. The van der Waals surface area contributed by atoms with Gasteiger partial charge in [0.05, 0.1) is 6.61 Å². The standard InChI is InChI=1S/C16H23FO/c1-16(2,3)12-8-4-5-9-13-18-15-11-7-6-10-14(15)17/h6-8,10-12H,4-5,9,13H2,1-3H3/b12-8-. The summed E-state index contributed by atoms with van der Waals surface area (Å²) in [5, 5.41) is 0. The smallest absolute Gasteiger partial charge is 0.165 e. The number of rotatable bonds is 6. The first-order valence-corrected chi connectivity index (χ1v) is 6.54. The summed E-state index contributed by atoms with van der Waals surface area (Å²) in [5.41, 5.74) is 0.254. The first-order chi connectivity index (χ1) is 8.49. The molecule has 0 saturated heterocycles. The molecular formula is C16H23FO. The summed E-state index contributed by atoms with van der Waals surface area (Å²) in [7, 11) is 0. The molecule has 0 saturated carbocycles.